The molecule has 0 spiro atoms. The van der Waals surface area contributed by atoms with Crippen molar-refractivity contribution in [1.82, 2.24) is 4.90 Å². The third-order valence-corrected chi connectivity index (χ3v) is 6.43. The highest BCUT2D eigenvalue weighted by atomic mass is 16.6. The van der Waals surface area contributed by atoms with E-state index in [0.717, 1.165) is 49.4 Å². The van der Waals surface area contributed by atoms with E-state index in [1.807, 2.05) is 0 Å². The van der Waals surface area contributed by atoms with Gasteiger partial charge in [-0.05, 0) is 49.5 Å². The van der Waals surface area contributed by atoms with Crippen molar-refractivity contribution in [2.24, 2.45) is 17.8 Å². The molecule has 1 saturated heterocycles. The molecule has 1 saturated carbocycles. The molecule has 0 amide bonds. The summed E-state index contributed by atoms with van der Waals surface area (Å²) in [5.74, 6) is -0.501. The Balaban J connectivity index is 0.000000427. The molecule has 32 heavy (non-hydrogen) atoms. The second-order valence-electron chi connectivity index (χ2n) is 8.51. The molecule has 10 nitrogen and oxygen atoms in total. The number of hydrogen-bond donors (Lipinski definition) is 3. The maximum absolute atomic E-state index is 11.0. The van der Waals surface area contributed by atoms with E-state index in [9.17, 15) is 10.1 Å². The fourth-order valence-corrected chi connectivity index (χ4v) is 4.84. The first kappa shape index (κ1) is 23.5. The van der Waals surface area contributed by atoms with Crippen LogP contribution in [-0.2, 0) is 9.59 Å². The van der Waals surface area contributed by atoms with Crippen LogP contribution in [0.15, 0.2) is 30.4 Å². The van der Waals surface area contributed by atoms with Gasteiger partial charge in [-0.3, -0.25) is 10.1 Å². The lowest BCUT2D eigenvalue weighted by molar-refractivity contribution is -0.384. The van der Waals surface area contributed by atoms with E-state index in [1.165, 1.54) is 25.5 Å². The number of nitrogens with zero attached hydrogens (tertiary/aromatic N) is 2. The number of piperidine rings is 1. The Kier molecular flexibility index (Phi) is 7.68. The summed E-state index contributed by atoms with van der Waals surface area (Å²) < 4.78 is 5.36. The Bertz CT molecular complexity index is 868. The number of methoxy groups -OCH3 is 1. The Morgan fingerprint density at radius 3 is 2.38 bits per heavy atom. The van der Waals surface area contributed by atoms with Crippen LogP contribution < -0.4 is 10.1 Å². The zero-order valence-electron chi connectivity index (χ0n) is 18.0. The molecular formula is C22H29N3O7. The highest BCUT2D eigenvalue weighted by Gasteiger charge is 2.36. The van der Waals surface area contributed by atoms with Crippen molar-refractivity contribution >= 4 is 23.3 Å². The number of nitro groups is 1. The number of carboxylic acid groups (broad SMARTS) is 2. The number of nitro benzene ring substituents is 1. The van der Waals surface area contributed by atoms with Gasteiger partial charge in [0.25, 0.3) is 5.69 Å². The Morgan fingerprint density at radius 1 is 1.19 bits per heavy atom. The summed E-state index contributed by atoms with van der Waals surface area (Å²) in [6, 6.07) is 5.06. The number of nitrogens with one attached hydrogen (secondary N) is 1. The van der Waals surface area contributed by atoms with Crippen molar-refractivity contribution in [3.63, 3.8) is 0 Å². The zero-order valence-corrected chi connectivity index (χ0v) is 18.0. The van der Waals surface area contributed by atoms with Crippen LogP contribution in [0.5, 0.6) is 5.75 Å². The minimum atomic E-state index is -1.82. The highest BCUT2D eigenvalue weighted by molar-refractivity contribution is 6.27. The van der Waals surface area contributed by atoms with Crippen molar-refractivity contribution in [3.8, 4) is 5.75 Å². The Labute approximate surface area is 186 Å². The number of aliphatic carboxylic acids is 2. The number of carbonyl (C=O) groups is 2. The smallest absolute Gasteiger partial charge is 0.414 e. The van der Waals surface area contributed by atoms with Crippen LogP contribution in [0.4, 0.5) is 11.4 Å². The number of likely N-dealkylation sites (tertiary alicyclic amines) is 1. The average Bonchev–Trinajstić information content (AvgIpc) is 3.38. The lowest BCUT2D eigenvalue weighted by Gasteiger charge is -2.35. The van der Waals surface area contributed by atoms with Gasteiger partial charge in [0.15, 0.2) is 0 Å². The minimum absolute atomic E-state index is 0.0927. The molecule has 2 aliphatic carbocycles. The van der Waals surface area contributed by atoms with Gasteiger partial charge in [0.1, 0.15) is 5.75 Å². The molecule has 3 aliphatic rings. The quantitative estimate of drug-likeness (QED) is 0.260. The maximum Gasteiger partial charge on any atom is 0.414 e. The van der Waals surface area contributed by atoms with Crippen molar-refractivity contribution in [3.05, 3.63) is 40.5 Å². The number of rotatable bonds is 6. The zero-order chi connectivity index (χ0) is 23.3. The number of benzene rings is 1. The SMILES string of the molecule is COc1ccc([N+](=O)[O-])cc1NC1CCN(CC2CC3C=CC2C3)CC1.O=C(O)C(=O)O. The van der Waals surface area contributed by atoms with Gasteiger partial charge in [0.2, 0.25) is 0 Å². The first-order valence-electron chi connectivity index (χ1n) is 10.7. The first-order chi connectivity index (χ1) is 15.3. The van der Waals surface area contributed by atoms with Gasteiger partial charge in [0, 0.05) is 37.8 Å². The summed E-state index contributed by atoms with van der Waals surface area (Å²) in [4.78, 5) is 31.5. The number of fused-ring (bicyclic) bond motifs is 2. The molecule has 0 aromatic heterocycles. The summed E-state index contributed by atoms with van der Waals surface area (Å²) in [6.45, 7) is 3.40. The minimum Gasteiger partial charge on any atom is -0.495 e. The Hall–Kier alpha value is -3.14. The molecular weight excluding hydrogens is 418 g/mol. The summed E-state index contributed by atoms with van der Waals surface area (Å²) in [7, 11) is 1.60. The topological polar surface area (TPSA) is 142 Å². The van der Waals surface area contributed by atoms with Crippen molar-refractivity contribution in [2.45, 2.75) is 31.7 Å². The van der Waals surface area contributed by atoms with Gasteiger partial charge >= 0.3 is 11.9 Å². The van der Waals surface area contributed by atoms with Crippen molar-refractivity contribution in [2.75, 3.05) is 32.1 Å². The lowest BCUT2D eigenvalue weighted by Crippen LogP contribution is -2.41. The molecule has 1 aromatic carbocycles. The molecule has 174 valence electrons. The monoisotopic (exact) mass is 447 g/mol. The molecule has 3 atom stereocenters. The van der Waals surface area contributed by atoms with Crippen molar-refractivity contribution < 1.29 is 29.5 Å². The molecule has 1 heterocycles. The van der Waals surface area contributed by atoms with Crippen LogP contribution >= 0.6 is 0 Å². The summed E-state index contributed by atoms with van der Waals surface area (Å²) >= 11 is 0. The third kappa shape index (κ3) is 5.97. The molecule has 0 radical (unpaired) electrons. The van der Waals surface area contributed by atoms with Gasteiger partial charge in [-0.2, -0.15) is 0 Å². The average molecular weight is 447 g/mol. The predicted molar refractivity (Wildman–Crippen MR) is 117 cm³/mol. The normalized spacial score (nSPS) is 24.5. The molecule has 4 rings (SSSR count). The standard InChI is InChI=1S/C20H27N3O3.C2H2O4/c1-26-20-5-4-18(23(24)25)12-19(20)21-17-6-8-22(9-7-17)13-16-11-14-2-3-15(16)10-14;3-1(4)2(5)6/h2-5,12,14-17,21H,6-11,13H2,1H3;(H,3,4)(H,5,6). The number of anilines is 1. The van der Waals surface area contributed by atoms with E-state index in [4.69, 9.17) is 24.5 Å². The largest absolute Gasteiger partial charge is 0.495 e. The molecule has 10 heteroatoms. The van der Waals surface area contributed by atoms with Gasteiger partial charge in [0.05, 0.1) is 17.7 Å². The molecule has 3 unspecified atom stereocenters. The lowest BCUT2D eigenvalue weighted by atomic mass is 9.92. The third-order valence-electron chi connectivity index (χ3n) is 6.43. The number of hydrogen-bond acceptors (Lipinski definition) is 7. The van der Waals surface area contributed by atoms with Gasteiger partial charge in [-0.25, -0.2) is 9.59 Å². The van der Waals surface area contributed by atoms with E-state index in [0.29, 0.717) is 11.8 Å². The highest BCUT2D eigenvalue weighted by Crippen LogP contribution is 2.43. The predicted octanol–water partition coefficient (Wildman–Crippen LogP) is 2.85. The summed E-state index contributed by atoms with van der Waals surface area (Å²) in [5.41, 5.74) is 0.813. The second-order valence-corrected chi connectivity index (χ2v) is 8.51. The van der Waals surface area contributed by atoms with E-state index >= 15 is 0 Å². The molecule has 2 bridgehead atoms. The van der Waals surface area contributed by atoms with Crippen LogP contribution in [0.25, 0.3) is 0 Å². The van der Waals surface area contributed by atoms with E-state index in [2.05, 4.69) is 22.4 Å². The van der Waals surface area contributed by atoms with Crippen LogP contribution in [-0.4, -0.2) is 64.8 Å². The second kappa shape index (κ2) is 10.4. The number of ether oxygens (including phenoxy) is 1. The molecule has 1 aliphatic heterocycles. The van der Waals surface area contributed by atoms with Crippen LogP contribution in [0.2, 0.25) is 0 Å². The van der Waals surface area contributed by atoms with Gasteiger partial charge in [-0.1, -0.05) is 12.2 Å². The number of allylic oxidation sites excluding steroid dienone is 2. The fraction of sp³-hybridized carbons (Fsp3) is 0.545. The van der Waals surface area contributed by atoms with Crippen LogP contribution in [0.1, 0.15) is 25.7 Å². The van der Waals surface area contributed by atoms with E-state index in [1.54, 1.807) is 19.2 Å². The van der Waals surface area contributed by atoms with Gasteiger partial charge < -0.3 is 25.2 Å². The molecule has 3 N–H and O–H groups in total. The summed E-state index contributed by atoms with van der Waals surface area (Å²) in [6.07, 6.45) is 9.69. The number of carboxylic acids is 2. The first-order valence-corrected chi connectivity index (χ1v) is 10.7. The Morgan fingerprint density at radius 2 is 1.88 bits per heavy atom. The fourth-order valence-electron chi connectivity index (χ4n) is 4.84. The van der Waals surface area contributed by atoms with Crippen LogP contribution in [0.3, 0.4) is 0 Å². The van der Waals surface area contributed by atoms with Crippen LogP contribution in [0, 0.1) is 27.9 Å². The van der Waals surface area contributed by atoms with E-state index < -0.39 is 11.9 Å². The number of non-ortho nitro benzene ring substituents is 1. The van der Waals surface area contributed by atoms with E-state index in [-0.39, 0.29) is 10.6 Å². The maximum atomic E-state index is 11.0. The van der Waals surface area contributed by atoms with Gasteiger partial charge in [-0.15, -0.1) is 0 Å². The summed E-state index contributed by atoms with van der Waals surface area (Å²) in [5, 5.41) is 29.3. The van der Waals surface area contributed by atoms with Crippen molar-refractivity contribution in [1.29, 1.82) is 0 Å². The molecule has 1 aromatic rings. The molecule has 2 fully saturated rings.